The molecule has 0 N–H and O–H groups in total. The van der Waals surface area contributed by atoms with Crippen LogP contribution in [0.2, 0.25) is 0 Å². The monoisotopic (exact) mass is 456 g/mol. The number of hydrogen-bond acceptors (Lipinski definition) is 8. The van der Waals surface area contributed by atoms with Crippen molar-refractivity contribution in [3.05, 3.63) is 73.6 Å². The van der Waals surface area contributed by atoms with Crippen LogP contribution in [-0.4, -0.2) is 31.0 Å². The number of rotatable bonds is 9. The van der Waals surface area contributed by atoms with Gasteiger partial charge in [-0.15, -0.1) is 22.7 Å². The first kappa shape index (κ1) is 21.5. The Morgan fingerprint density at radius 3 is 2.71 bits per heavy atom. The van der Waals surface area contributed by atoms with Crippen LogP contribution in [0.4, 0.5) is 0 Å². The molecule has 4 heterocycles. The van der Waals surface area contributed by atoms with Crippen LogP contribution in [-0.2, 0) is 13.1 Å². The molecule has 1 unspecified atom stereocenters. The molecule has 0 radical (unpaired) electrons. The van der Waals surface area contributed by atoms with E-state index >= 15 is 0 Å². The molecule has 0 amide bonds. The fourth-order valence-corrected chi connectivity index (χ4v) is 5.00. The van der Waals surface area contributed by atoms with Gasteiger partial charge in [0.1, 0.15) is 5.82 Å². The van der Waals surface area contributed by atoms with Gasteiger partial charge >= 0.3 is 0 Å². The Morgan fingerprint density at radius 1 is 1.23 bits per heavy atom. The molecule has 0 spiro atoms. The zero-order valence-electron chi connectivity index (χ0n) is 17.5. The molecule has 4 rings (SSSR count). The van der Waals surface area contributed by atoms with Crippen LogP contribution in [0.3, 0.4) is 0 Å². The zero-order chi connectivity index (χ0) is 21.8. The molecule has 31 heavy (non-hydrogen) atoms. The SMILES string of the molecule is CCCN(Cc1cc[n+]([O-])cc1)C(CC)c1nc2scnc2c(=O)n1Cc1cncs1. The molecule has 0 aliphatic rings. The highest BCUT2D eigenvalue weighted by Crippen LogP contribution is 2.27. The maximum Gasteiger partial charge on any atom is 0.281 e. The van der Waals surface area contributed by atoms with Crippen LogP contribution >= 0.6 is 22.7 Å². The van der Waals surface area contributed by atoms with Crippen LogP contribution in [0.1, 0.15) is 49.0 Å². The third kappa shape index (κ3) is 4.65. The van der Waals surface area contributed by atoms with Gasteiger partial charge in [-0.05, 0) is 24.9 Å². The van der Waals surface area contributed by atoms with Crippen molar-refractivity contribution >= 4 is 33.0 Å². The van der Waals surface area contributed by atoms with Crippen molar-refractivity contribution in [3.8, 4) is 0 Å². The Hall–Kier alpha value is -2.69. The lowest BCUT2D eigenvalue weighted by atomic mass is 10.1. The first-order chi connectivity index (χ1) is 15.1. The standard InChI is InChI=1S/C21H24N6O2S2/c1-3-7-25(11-15-5-8-26(29)9-6-15)17(4-2)19-24-20-18(23-14-31-20)21(28)27(19)12-16-10-22-13-30-16/h5-6,8-10,13-14,17H,3-4,7,11-12H2,1-2H3. The molecule has 162 valence electrons. The van der Waals surface area contributed by atoms with E-state index in [1.807, 2.05) is 12.1 Å². The molecule has 8 nitrogen and oxygen atoms in total. The minimum atomic E-state index is -0.114. The lowest BCUT2D eigenvalue weighted by Gasteiger charge is -2.31. The normalized spacial score (nSPS) is 12.6. The Balaban J connectivity index is 1.78. The fourth-order valence-electron chi connectivity index (χ4n) is 3.77. The molecule has 0 bridgehead atoms. The molecule has 10 heteroatoms. The van der Waals surface area contributed by atoms with E-state index in [0.29, 0.717) is 23.4 Å². The Bertz CT molecular complexity index is 1190. The molecule has 0 aliphatic heterocycles. The summed E-state index contributed by atoms with van der Waals surface area (Å²) in [5.74, 6) is 0.751. The average molecular weight is 457 g/mol. The quantitative estimate of drug-likeness (QED) is 0.283. The molecule has 1 atom stereocenters. The summed E-state index contributed by atoms with van der Waals surface area (Å²) in [5.41, 5.74) is 4.80. The Kier molecular flexibility index (Phi) is 6.69. The third-order valence-corrected chi connectivity index (χ3v) is 6.66. The molecular formula is C21H24N6O2S2. The van der Waals surface area contributed by atoms with E-state index in [4.69, 9.17) is 4.98 Å². The van der Waals surface area contributed by atoms with Gasteiger partial charge in [0, 0.05) is 29.8 Å². The van der Waals surface area contributed by atoms with E-state index in [1.165, 1.54) is 35.1 Å². The molecular weight excluding hydrogens is 432 g/mol. The second-order valence-corrected chi connectivity index (χ2v) is 9.10. The summed E-state index contributed by atoms with van der Waals surface area (Å²) >= 11 is 2.91. The summed E-state index contributed by atoms with van der Waals surface area (Å²) in [6.07, 6.45) is 6.59. The van der Waals surface area contributed by atoms with Gasteiger partial charge in [0.25, 0.3) is 5.56 Å². The lowest BCUT2D eigenvalue weighted by molar-refractivity contribution is -0.605. The van der Waals surface area contributed by atoms with Gasteiger partial charge in [0.15, 0.2) is 22.7 Å². The smallest absolute Gasteiger partial charge is 0.281 e. The number of nitrogens with zero attached hydrogens (tertiary/aromatic N) is 6. The lowest BCUT2D eigenvalue weighted by Crippen LogP contribution is -2.35. The minimum absolute atomic E-state index is 0.0494. The molecule has 0 saturated heterocycles. The van der Waals surface area contributed by atoms with Gasteiger partial charge < -0.3 is 5.21 Å². The Morgan fingerprint density at radius 2 is 2.03 bits per heavy atom. The molecule has 4 aromatic heterocycles. The second kappa shape index (κ2) is 9.63. The first-order valence-corrected chi connectivity index (χ1v) is 12.0. The van der Waals surface area contributed by atoms with E-state index in [2.05, 4.69) is 28.7 Å². The number of pyridine rings is 1. The van der Waals surface area contributed by atoms with E-state index in [-0.39, 0.29) is 11.6 Å². The third-order valence-electron chi connectivity index (χ3n) is 5.18. The zero-order valence-corrected chi connectivity index (χ0v) is 19.1. The predicted molar refractivity (Wildman–Crippen MR) is 122 cm³/mol. The van der Waals surface area contributed by atoms with Crippen LogP contribution in [0.5, 0.6) is 0 Å². The van der Waals surface area contributed by atoms with E-state index < -0.39 is 0 Å². The first-order valence-electron chi connectivity index (χ1n) is 10.2. The molecule has 0 aliphatic carbocycles. The van der Waals surface area contributed by atoms with E-state index in [1.54, 1.807) is 21.8 Å². The van der Waals surface area contributed by atoms with Crippen molar-refractivity contribution in [1.82, 2.24) is 24.4 Å². The molecule has 0 saturated carbocycles. The van der Waals surface area contributed by atoms with Crippen molar-refractivity contribution in [1.29, 1.82) is 0 Å². The van der Waals surface area contributed by atoms with Crippen molar-refractivity contribution < 1.29 is 4.73 Å². The van der Waals surface area contributed by atoms with Crippen LogP contribution in [0.15, 0.2) is 46.5 Å². The Labute approximate surface area is 188 Å². The fraction of sp³-hybridized carbons (Fsp3) is 0.381. The largest absolute Gasteiger partial charge is 0.619 e. The highest BCUT2D eigenvalue weighted by molar-refractivity contribution is 7.16. The number of fused-ring (bicyclic) bond motifs is 1. The van der Waals surface area contributed by atoms with E-state index in [0.717, 1.165) is 40.4 Å². The van der Waals surface area contributed by atoms with Crippen molar-refractivity contribution in [2.24, 2.45) is 0 Å². The summed E-state index contributed by atoms with van der Waals surface area (Å²) in [4.78, 5) is 30.7. The van der Waals surface area contributed by atoms with Crippen molar-refractivity contribution in [2.45, 2.75) is 45.8 Å². The predicted octanol–water partition coefficient (Wildman–Crippen LogP) is 3.35. The van der Waals surface area contributed by atoms with Gasteiger partial charge in [0.2, 0.25) is 0 Å². The molecule has 4 aromatic rings. The number of thiazole rings is 2. The number of aromatic nitrogens is 5. The van der Waals surface area contributed by atoms with Crippen LogP contribution < -0.4 is 10.3 Å². The summed E-state index contributed by atoms with van der Waals surface area (Å²) in [7, 11) is 0. The van der Waals surface area contributed by atoms with Gasteiger partial charge in [-0.3, -0.25) is 19.2 Å². The van der Waals surface area contributed by atoms with Gasteiger partial charge in [-0.1, -0.05) is 13.8 Å². The van der Waals surface area contributed by atoms with Crippen LogP contribution in [0.25, 0.3) is 10.3 Å². The number of hydrogen-bond donors (Lipinski definition) is 0. The summed E-state index contributed by atoms with van der Waals surface area (Å²) in [6.45, 7) is 6.20. The highest BCUT2D eigenvalue weighted by atomic mass is 32.1. The summed E-state index contributed by atoms with van der Waals surface area (Å²) in [5, 5.41) is 11.4. The minimum Gasteiger partial charge on any atom is -0.619 e. The summed E-state index contributed by atoms with van der Waals surface area (Å²) in [6, 6.07) is 3.63. The van der Waals surface area contributed by atoms with Gasteiger partial charge in [0.05, 0.1) is 23.6 Å². The average Bonchev–Trinajstić information content (AvgIpc) is 3.45. The highest BCUT2D eigenvalue weighted by Gasteiger charge is 2.26. The second-order valence-electron chi connectivity index (χ2n) is 7.30. The van der Waals surface area contributed by atoms with Crippen LogP contribution in [0, 0.1) is 5.21 Å². The summed E-state index contributed by atoms with van der Waals surface area (Å²) < 4.78 is 2.54. The maximum absolute atomic E-state index is 13.3. The van der Waals surface area contributed by atoms with Crippen molar-refractivity contribution in [2.75, 3.05) is 6.54 Å². The molecule has 0 aromatic carbocycles. The maximum atomic E-state index is 13.3. The van der Waals surface area contributed by atoms with Crippen molar-refractivity contribution in [3.63, 3.8) is 0 Å². The van der Waals surface area contributed by atoms with Gasteiger partial charge in [-0.2, -0.15) is 4.73 Å². The topological polar surface area (TPSA) is 90.9 Å². The van der Waals surface area contributed by atoms with Gasteiger partial charge in [-0.25, -0.2) is 9.97 Å². The molecule has 0 fully saturated rings. The van der Waals surface area contributed by atoms with E-state index in [9.17, 15) is 10.0 Å².